The fourth-order valence-corrected chi connectivity index (χ4v) is 4.14. The molecule has 0 atom stereocenters. The molecular formula is C18H22N4O3S. The van der Waals surface area contributed by atoms with E-state index in [1.807, 2.05) is 6.92 Å². The van der Waals surface area contributed by atoms with Crippen LogP contribution in [0.25, 0.3) is 0 Å². The molecule has 0 unspecified atom stereocenters. The van der Waals surface area contributed by atoms with Crippen LogP contribution >= 0.6 is 0 Å². The van der Waals surface area contributed by atoms with Crippen LogP contribution in [0.2, 0.25) is 0 Å². The minimum absolute atomic E-state index is 0.121. The summed E-state index contributed by atoms with van der Waals surface area (Å²) in [5.41, 5.74) is 3.74. The van der Waals surface area contributed by atoms with Gasteiger partial charge in [-0.1, -0.05) is 0 Å². The Morgan fingerprint density at radius 2 is 1.88 bits per heavy atom. The zero-order valence-electron chi connectivity index (χ0n) is 14.9. The maximum atomic E-state index is 12.4. The van der Waals surface area contributed by atoms with Crippen molar-refractivity contribution < 1.29 is 13.2 Å². The van der Waals surface area contributed by atoms with E-state index in [2.05, 4.69) is 20.0 Å². The highest BCUT2D eigenvalue weighted by atomic mass is 32.2. The van der Waals surface area contributed by atoms with Gasteiger partial charge in [-0.25, -0.2) is 23.1 Å². The van der Waals surface area contributed by atoms with Crippen LogP contribution in [0, 0.1) is 6.92 Å². The predicted molar refractivity (Wildman–Crippen MR) is 97.5 cm³/mol. The summed E-state index contributed by atoms with van der Waals surface area (Å²) in [6.07, 6.45) is 3.53. The third kappa shape index (κ3) is 3.91. The summed E-state index contributed by atoms with van der Waals surface area (Å²) in [4.78, 5) is 20.7. The summed E-state index contributed by atoms with van der Waals surface area (Å²) in [6.45, 7) is 2.20. The van der Waals surface area contributed by atoms with Crippen molar-refractivity contribution in [3.63, 3.8) is 0 Å². The molecule has 0 spiro atoms. The maximum absolute atomic E-state index is 12.4. The molecule has 1 aliphatic rings. The molecule has 0 saturated heterocycles. The van der Waals surface area contributed by atoms with E-state index in [0.717, 1.165) is 30.7 Å². The first-order valence-corrected chi connectivity index (χ1v) is 10.1. The second-order valence-electron chi connectivity index (χ2n) is 6.26. The van der Waals surface area contributed by atoms with Crippen LogP contribution in [0.5, 0.6) is 0 Å². The molecule has 138 valence electrons. The summed E-state index contributed by atoms with van der Waals surface area (Å²) in [7, 11) is -2.11. The van der Waals surface area contributed by atoms with Crippen LogP contribution in [0.3, 0.4) is 0 Å². The van der Waals surface area contributed by atoms with Gasteiger partial charge in [0.25, 0.3) is 5.91 Å². The maximum Gasteiger partial charge on any atom is 0.251 e. The number of fused-ring (bicyclic) bond motifs is 1. The van der Waals surface area contributed by atoms with Crippen LogP contribution in [-0.4, -0.2) is 37.9 Å². The second kappa shape index (κ2) is 7.51. The molecule has 7 nitrogen and oxygen atoms in total. The van der Waals surface area contributed by atoms with Crippen molar-refractivity contribution in [3.8, 4) is 0 Å². The van der Waals surface area contributed by atoms with Crippen molar-refractivity contribution in [3.05, 3.63) is 52.6 Å². The van der Waals surface area contributed by atoms with Crippen molar-refractivity contribution in [1.82, 2.24) is 20.0 Å². The van der Waals surface area contributed by atoms with Gasteiger partial charge in [-0.2, -0.15) is 0 Å². The van der Waals surface area contributed by atoms with Gasteiger partial charge in [0.2, 0.25) is 10.0 Å². The summed E-state index contributed by atoms with van der Waals surface area (Å²) >= 11 is 0. The van der Waals surface area contributed by atoms with Gasteiger partial charge in [0.1, 0.15) is 5.82 Å². The van der Waals surface area contributed by atoms with Crippen LogP contribution in [-0.2, 0) is 29.3 Å². The number of hydrogen-bond acceptors (Lipinski definition) is 5. The second-order valence-corrected chi connectivity index (χ2v) is 8.02. The summed E-state index contributed by atoms with van der Waals surface area (Å²) in [6, 6.07) is 5.81. The number of hydrogen-bond donors (Lipinski definition) is 2. The monoisotopic (exact) mass is 374 g/mol. The highest BCUT2D eigenvalue weighted by molar-refractivity contribution is 7.89. The molecule has 1 amide bonds. The fraction of sp³-hybridized carbons (Fsp3) is 0.389. The van der Waals surface area contributed by atoms with E-state index in [9.17, 15) is 13.2 Å². The lowest BCUT2D eigenvalue weighted by Gasteiger charge is -2.09. The van der Waals surface area contributed by atoms with Crippen molar-refractivity contribution in [2.24, 2.45) is 0 Å². The van der Waals surface area contributed by atoms with Crippen LogP contribution in [0.1, 0.15) is 39.6 Å². The smallest absolute Gasteiger partial charge is 0.251 e. The lowest BCUT2D eigenvalue weighted by atomic mass is 10.2. The van der Waals surface area contributed by atoms with Crippen LogP contribution < -0.4 is 10.0 Å². The Morgan fingerprint density at radius 1 is 1.15 bits per heavy atom. The van der Waals surface area contributed by atoms with Gasteiger partial charge in [-0.15, -0.1) is 0 Å². The van der Waals surface area contributed by atoms with E-state index in [4.69, 9.17) is 0 Å². The molecule has 8 heteroatoms. The number of benzene rings is 1. The number of nitrogens with zero attached hydrogens (tertiary/aromatic N) is 2. The largest absolute Gasteiger partial charge is 0.355 e. The molecule has 2 aromatic rings. The molecule has 0 bridgehead atoms. The van der Waals surface area contributed by atoms with E-state index in [0.29, 0.717) is 17.8 Å². The third-order valence-corrected chi connectivity index (χ3v) is 5.96. The molecule has 3 rings (SSSR count). The standard InChI is InChI=1S/C18H22N4O3S/c1-12-15-4-3-5-16(15)22-17(21-12)10-11-20-26(24,25)14-8-6-13(7-9-14)18(23)19-2/h6-9,20H,3-5,10-11H2,1-2H3,(H,19,23). The first-order valence-electron chi connectivity index (χ1n) is 8.58. The van der Waals surface area contributed by atoms with E-state index < -0.39 is 10.0 Å². The number of sulfonamides is 1. The lowest BCUT2D eigenvalue weighted by molar-refractivity contribution is 0.0963. The molecule has 1 aliphatic carbocycles. The van der Waals surface area contributed by atoms with E-state index in [1.165, 1.54) is 36.9 Å². The number of aryl methyl sites for hydroxylation is 2. The molecule has 1 aromatic heterocycles. The first kappa shape index (κ1) is 18.5. The average Bonchev–Trinajstić information content (AvgIpc) is 3.10. The van der Waals surface area contributed by atoms with Crippen LogP contribution in [0.15, 0.2) is 29.2 Å². The zero-order chi connectivity index (χ0) is 18.7. The minimum Gasteiger partial charge on any atom is -0.355 e. The molecule has 0 saturated carbocycles. The third-order valence-electron chi connectivity index (χ3n) is 4.48. The van der Waals surface area contributed by atoms with E-state index in [-0.39, 0.29) is 17.3 Å². The van der Waals surface area contributed by atoms with E-state index in [1.54, 1.807) is 0 Å². The molecule has 0 aliphatic heterocycles. The molecular weight excluding hydrogens is 352 g/mol. The topological polar surface area (TPSA) is 101 Å². The number of amides is 1. The van der Waals surface area contributed by atoms with Gasteiger partial charge in [-0.05, 0) is 56.0 Å². The quantitative estimate of drug-likeness (QED) is 0.790. The number of nitrogens with one attached hydrogen (secondary N) is 2. The van der Waals surface area contributed by atoms with Crippen molar-refractivity contribution in [2.45, 2.75) is 37.5 Å². The van der Waals surface area contributed by atoms with Crippen molar-refractivity contribution in [1.29, 1.82) is 0 Å². The predicted octanol–water partition coefficient (Wildman–Crippen LogP) is 1.15. The average molecular weight is 374 g/mol. The highest BCUT2D eigenvalue weighted by Gasteiger charge is 2.18. The number of rotatable bonds is 6. The summed E-state index contributed by atoms with van der Waals surface area (Å²) in [5, 5.41) is 2.50. The van der Waals surface area contributed by atoms with E-state index >= 15 is 0 Å². The molecule has 1 aromatic carbocycles. The zero-order valence-corrected chi connectivity index (χ0v) is 15.7. The summed E-state index contributed by atoms with van der Waals surface area (Å²) < 4.78 is 27.3. The van der Waals surface area contributed by atoms with Gasteiger partial charge >= 0.3 is 0 Å². The molecule has 2 N–H and O–H groups in total. The van der Waals surface area contributed by atoms with Gasteiger partial charge in [0.05, 0.1) is 4.90 Å². The molecule has 1 heterocycles. The van der Waals surface area contributed by atoms with Gasteiger partial charge < -0.3 is 5.32 Å². The number of aromatic nitrogens is 2. The Morgan fingerprint density at radius 3 is 2.58 bits per heavy atom. The normalized spacial score (nSPS) is 13.5. The summed E-state index contributed by atoms with van der Waals surface area (Å²) in [5.74, 6) is 0.409. The Bertz CT molecular complexity index is 924. The molecule has 0 radical (unpaired) electrons. The van der Waals surface area contributed by atoms with Gasteiger partial charge in [-0.3, -0.25) is 4.79 Å². The van der Waals surface area contributed by atoms with Crippen LogP contribution in [0.4, 0.5) is 0 Å². The van der Waals surface area contributed by atoms with Gasteiger partial charge in [0, 0.05) is 37.0 Å². The number of carbonyl (C=O) groups is 1. The number of carbonyl (C=O) groups excluding carboxylic acids is 1. The van der Waals surface area contributed by atoms with Gasteiger partial charge in [0.15, 0.2) is 0 Å². The Hall–Kier alpha value is -2.32. The SMILES string of the molecule is CNC(=O)c1ccc(S(=O)(=O)NCCc2nc(C)c3c(n2)CCC3)cc1. The highest BCUT2D eigenvalue weighted by Crippen LogP contribution is 2.22. The van der Waals surface area contributed by atoms with Crippen molar-refractivity contribution >= 4 is 15.9 Å². The fourth-order valence-electron chi connectivity index (χ4n) is 3.10. The Balaban J connectivity index is 1.64. The molecule has 0 fully saturated rings. The Kier molecular flexibility index (Phi) is 5.33. The lowest BCUT2D eigenvalue weighted by Crippen LogP contribution is -2.27. The minimum atomic E-state index is -3.64. The Labute approximate surface area is 153 Å². The van der Waals surface area contributed by atoms with Crippen molar-refractivity contribution in [2.75, 3.05) is 13.6 Å². The molecule has 26 heavy (non-hydrogen) atoms. The first-order chi connectivity index (χ1) is 12.4.